The number of pyridine rings is 1. The Kier molecular flexibility index (Phi) is 7.76. The van der Waals surface area contributed by atoms with Gasteiger partial charge < -0.3 is 21.3 Å². The fourth-order valence-electron chi connectivity index (χ4n) is 3.47. The van der Waals surface area contributed by atoms with Gasteiger partial charge in [0, 0.05) is 61.0 Å². The van der Waals surface area contributed by atoms with Crippen molar-refractivity contribution in [3.8, 4) is 0 Å². The molecule has 160 valence electrons. The molecule has 7 nitrogen and oxygen atoms in total. The summed E-state index contributed by atoms with van der Waals surface area (Å²) in [6, 6.07) is 9.38. The largest absolute Gasteiger partial charge is 0.369 e. The van der Waals surface area contributed by atoms with Crippen molar-refractivity contribution in [2.75, 3.05) is 25.0 Å². The number of anilines is 1. The molecule has 1 aromatic carbocycles. The molecule has 0 atom stereocenters. The standard InChI is InChI=1S/C21H26Cl2N6O/c1-25-21(27-12-15-4-5-17(22)11-18(15)23)28-13-16-3-2-8-26-20(16)29-9-6-14(7-10-29)19(24)30/h2-5,8,11,14H,6-7,9-10,12-13H2,1H3,(H2,24,30)(H2,25,27,28). The van der Waals surface area contributed by atoms with Gasteiger partial charge in [-0.25, -0.2) is 4.98 Å². The summed E-state index contributed by atoms with van der Waals surface area (Å²) >= 11 is 12.2. The number of nitrogens with zero attached hydrogens (tertiary/aromatic N) is 3. The maximum atomic E-state index is 11.4. The monoisotopic (exact) mass is 448 g/mol. The zero-order chi connectivity index (χ0) is 21.5. The fraction of sp³-hybridized carbons (Fsp3) is 0.381. The lowest BCUT2D eigenvalue weighted by molar-refractivity contribution is -0.122. The van der Waals surface area contributed by atoms with Crippen LogP contribution in [0.1, 0.15) is 24.0 Å². The summed E-state index contributed by atoms with van der Waals surface area (Å²) in [5.74, 6) is 1.31. The first-order chi connectivity index (χ1) is 14.5. The van der Waals surface area contributed by atoms with Crippen molar-refractivity contribution < 1.29 is 4.79 Å². The second-order valence-electron chi connectivity index (χ2n) is 7.16. The summed E-state index contributed by atoms with van der Waals surface area (Å²) in [6.45, 7) is 2.61. The molecule has 1 fully saturated rings. The number of aliphatic imine (C=N–C) groups is 1. The van der Waals surface area contributed by atoms with Crippen LogP contribution in [0, 0.1) is 5.92 Å². The first-order valence-corrected chi connectivity index (χ1v) is 10.6. The Morgan fingerprint density at radius 2 is 1.90 bits per heavy atom. The maximum Gasteiger partial charge on any atom is 0.220 e. The van der Waals surface area contributed by atoms with Crippen LogP contribution in [0.15, 0.2) is 41.5 Å². The second kappa shape index (κ2) is 10.5. The van der Waals surface area contributed by atoms with Gasteiger partial charge in [-0.15, -0.1) is 0 Å². The van der Waals surface area contributed by atoms with E-state index in [1.54, 1.807) is 19.3 Å². The lowest BCUT2D eigenvalue weighted by Gasteiger charge is -2.32. The van der Waals surface area contributed by atoms with E-state index >= 15 is 0 Å². The van der Waals surface area contributed by atoms with Crippen molar-refractivity contribution in [3.05, 3.63) is 57.7 Å². The van der Waals surface area contributed by atoms with Gasteiger partial charge in [-0.2, -0.15) is 0 Å². The molecule has 30 heavy (non-hydrogen) atoms. The van der Waals surface area contributed by atoms with Crippen molar-refractivity contribution >= 4 is 40.9 Å². The van der Waals surface area contributed by atoms with Crippen LogP contribution in [0.2, 0.25) is 10.0 Å². The van der Waals surface area contributed by atoms with E-state index in [-0.39, 0.29) is 11.8 Å². The average molecular weight is 449 g/mol. The Labute approximate surface area is 186 Å². The number of hydrogen-bond donors (Lipinski definition) is 3. The highest BCUT2D eigenvalue weighted by Crippen LogP contribution is 2.24. The SMILES string of the molecule is CN=C(NCc1ccc(Cl)cc1Cl)NCc1cccnc1N1CCC(C(N)=O)CC1. The number of aromatic nitrogens is 1. The van der Waals surface area contributed by atoms with Crippen LogP contribution in [0.5, 0.6) is 0 Å². The predicted molar refractivity (Wildman–Crippen MR) is 122 cm³/mol. The van der Waals surface area contributed by atoms with E-state index in [1.807, 2.05) is 24.3 Å². The van der Waals surface area contributed by atoms with Crippen LogP contribution in [-0.2, 0) is 17.9 Å². The number of guanidine groups is 1. The zero-order valence-electron chi connectivity index (χ0n) is 16.9. The molecule has 3 rings (SSSR count). The molecule has 1 aliphatic rings. The number of nitrogens with two attached hydrogens (primary N) is 1. The van der Waals surface area contributed by atoms with Gasteiger partial charge >= 0.3 is 0 Å². The highest BCUT2D eigenvalue weighted by Gasteiger charge is 2.24. The molecule has 1 saturated heterocycles. The third kappa shape index (κ3) is 5.77. The first kappa shape index (κ1) is 22.2. The topological polar surface area (TPSA) is 95.6 Å². The van der Waals surface area contributed by atoms with E-state index in [1.165, 1.54) is 0 Å². The molecule has 0 unspecified atom stereocenters. The lowest BCUT2D eigenvalue weighted by atomic mass is 9.96. The number of nitrogens with one attached hydrogen (secondary N) is 2. The van der Waals surface area contributed by atoms with Gasteiger partial charge in [-0.3, -0.25) is 9.79 Å². The van der Waals surface area contributed by atoms with E-state index in [0.29, 0.717) is 29.1 Å². The molecule has 9 heteroatoms. The molecule has 0 bridgehead atoms. The number of rotatable bonds is 6. The molecule has 2 heterocycles. The van der Waals surface area contributed by atoms with E-state index in [4.69, 9.17) is 28.9 Å². The number of hydrogen-bond acceptors (Lipinski definition) is 4. The van der Waals surface area contributed by atoms with E-state index in [2.05, 4.69) is 25.5 Å². The van der Waals surface area contributed by atoms with Crippen molar-refractivity contribution in [1.29, 1.82) is 0 Å². The molecule has 1 aromatic heterocycles. The van der Waals surface area contributed by atoms with Gasteiger partial charge in [0.15, 0.2) is 5.96 Å². The molecule has 1 amide bonds. The number of halogens is 2. The number of primary amides is 1. The molecule has 0 radical (unpaired) electrons. The summed E-state index contributed by atoms with van der Waals surface area (Å²) in [5, 5.41) is 7.80. The van der Waals surface area contributed by atoms with Gasteiger partial charge in [-0.1, -0.05) is 35.3 Å². The van der Waals surface area contributed by atoms with Crippen molar-refractivity contribution in [2.45, 2.75) is 25.9 Å². The highest BCUT2D eigenvalue weighted by molar-refractivity contribution is 6.35. The summed E-state index contributed by atoms with van der Waals surface area (Å²) in [6.07, 6.45) is 3.29. The summed E-state index contributed by atoms with van der Waals surface area (Å²) in [4.78, 5) is 22.5. The Bertz CT molecular complexity index is 912. The smallest absolute Gasteiger partial charge is 0.220 e. The van der Waals surface area contributed by atoms with Gasteiger partial charge in [0.05, 0.1) is 0 Å². The minimum atomic E-state index is -0.215. The van der Waals surface area contributed by atoms with E-state index in [0.717, 1.165) is 42.9 Å². The molecule has 0 saturated carbocycles. The average Bonchev–Trinajstić information content (AvgIpc) is 2.75. The van der Waals surface area contributed by atoms with Crippen LogP contribution < -0.4 is 21.3 Å². The predicted octanol–water partition coefficient (Wildman–Crippen LogP) is 2.96. The summed E-state index contributed by atoms with van der Waals surface area (Å²) < 4.78 is 0. The van der Waals surface area contributed by atoms with Crippen LogP contribution in [0.25, 0.3) is 0 Å². The fourth-order valence-corrected chi connectivity index (χ4v) is 3.95. The number of benzene rings is 1. The third-order valence-corrected chi connectivity index (χ3v) is 5.78. The third-order valence-electron chi connectivity index (χ3n) is 5.20. The van der Waals surface area contributed by atoms with Gasteiger partial charge in [-0.05, 0) is 36.6 Å². The number of piperidine rings is 1. The number of amides is 1. The van der Waals surface area contributed by atoms with Gasteiger partial charge in [0.25, 0.3) is 0 Å². The lowest BCUT2D eigenvalue weighted by Crippen LogP contribution is -2.40. The number of carbonyl (C=O) groups is 1. The highest BCUT2D eigenvalue weighted by atomic mass is 35.5. The Morgan fingerprint density at radius 1 is 1.20 bits per heavy atom. The van der Waals surface area contributed by atoms with Crippen molar-refractivity contribution in [2.24, 2.45) is 16.6 Å². The molecular formula is C21H26Cl2N6O. The van der Waals surface area contributed by atoms with Crippen molar-refractivity contribution in [1.82, 2.24) is 15.6 Å². The van der Waals surface area contributed by atoms with Crippen LogP contribution in [0.3, 0.4) is 0 Å². The van der Waals surface area contributed by atoms with E-state index in [9.17, 15) is 4.79 Å². The minimum absolute atomic E-state index is 0.0470. The van der Waals surface area contributed by atoms with Crippen LogP contribution in [0.4, 0.5) is 5.82 Å². The van der Waals surface area contributed by atoms with Gasteiger partial charge in [0.2, 0.25) is 5.91 Å². The summed E-state index contributed by atoms with van der Waals surface area (Å²) in [7, 11) is 1.72. The summed E-state index contributed by atoms with van der Waals surface area (Å²) in [5.41, 5.74) is 7.44. The molecule has 0 spiro atoms. The molecular weight excluding hydrogens is 423 g/mol. The number of carbonyl (C=O) groups excluding carboxylic acids is 1. The van der Waals surface area contributed by atoms with Crippen molar-refractivity contribution in [3.63, 3.8) is 0 Å². The Morgan fingerprint density at radius 3 is 2.53 bits per heavy atom. The zero-order valence-corrected chi connectivity index (χ0v) is 18.4. The van der Waals surface area contributed by atoms with Crippen LogP contribution >= 0.6 is 23.2 Å². The van der Waals surface area contributed by atoms with E-state index < -0.39 is 0 Å². The minimum Gasteiger partial charge on any atom is -0.369 e. The maximum absolute atomic E-state index is 11.4. The molecule has 0 aliphatic carbocycles. The molecule has 4 N–H and O–H groups in total. The second-order valence-corrected chi connectivity index (χ2v) is 8.01. The quantitative estimate of drug-likeness (QED) is 0.466. The van der Waals surface area contributed by atoms with Gasteiger partial charge in [0.1, 0.15) is 5.82 Å². The van der Waals surface area contributed by atoms with Crippen LogP contribution in [-0.4, -0.2) is 37.0 Å². The first-order valence-electron chi connectivity index (χ1n) is 9.84. The molecule has 1 aliphatic heterocycles. The normalized spacial score (nSPS) is 15.2. The Balaban J connectivity index is 1.59. The Hall–Kier alpha value is -2.51. The molecule has 2 aromatic rings.